The summed E-state index contributed by atoms with van der Waals surface area (Å²) >= 11 is 0. The zero-order chi connectivity index (χ0) is 22.2. The molecule has 2 aromatic carbocycles. The first-order valence-electron chi connectivity index (χ1n) is 8.59. The maximum atomic E-state index is 15.8. The summed E-state index contributed by atoms with van der Waals surface area (Å²) in [6.45, 7) is 0. The van der Waals surface area contributed by atoms with E-state index in [9.17, 15) is 32.3 Å². The second-order valence-electron chi connectivity index (χ2n) is 7.02. The number of fused-ring (bicyclic) bond motifs is 2. The average molecular weight is 420 g/mol. The van der Waals surface area contributed by atoms with Gasteiger partial charge in [-0.3, -0.25) is 29.0 Å². The molecule has 0 N–H and O–H groups in total. The summed E-state index contributed by atoms with van der Waals surface area (Å²) in [7, 11) is 2.33. The summed E-state index contributed by atoms with van der Waals surface area (Å²) in [6.07, 6.45) is -5.47. The fourth-order valence-electron chi connectivity index (χ4n) is 3.65. The largest absolute Gasteiger partial charge is 0.431 e. The molecule has 0 spiro atoms. The van der Waals surface area contributed by atoms with Gasteiger partial charge in [0.05, 0.1) is 22.3 Å². The molecule has 10 heteroatoms. The SMILES string of the molecule is CN1C(=O)c2ccc(C(F)(c3ccc4c(c3)C(=O)N(C)C4=O)C(F)(F)F)cc2C1=O. The molecule has 0 saturated carbocycles. The van der Waals surface area contributed by atoms with E-state index >= 15 is 4.39 Å². The van der Waals surface area contributed by atoms with Crippen LogP contribution in [-0.2, 0) is 5.67 Å². The lowest BCUT2D eigenvalue weighted by Gasteiger charge is -2.29. The van der Waals surface area contributed by atoms with Crippen molar-refractivity contribution in [2.75, 3.05) is 14.1 Å². The zero-order valence-corrected chi connectivity index (χ0v) is 15.5. The van der Waals surface area contributed by atoms with Crippen molar-refractivity contribution >= 4 is 23.6 Å². The summed E-state index contributed by atoms with van der Waals surface area (Å²) in [4.78, 5) is 49.7. The molecule has 4 amide bonds. The number of nitrogens with zero attached hydrogens (tertiary/aromatic N) is 2. The predicted molar refractivity (Wildman–Crippen MR) is 93.7 cm³/mol. The molecule has 2 aliphatic rings. The molecule has 2 aliphatic heterocycles. The van der Waals surface area contributed by atoms with Gasteiger partial charge in [-0.2, -0.15) is 13.2 Å². The summed E-state index contributed by atoms with van der Waals surface area (Å²) in [6, 6.07) is 4.87. The lowest BCUT2D eigenvalue weighted by Crippen LogP contribution is -2.39. The van der Waals surface area contributed by atoms with Gasteiger partial charge in [-0.05, 0) is 24.3 Å². The van der Waals surface area contributed by atoms with E-state index < -0.39 is 46.6 Å². The summed E-state index contributed by atoms with van der Waals surface area (Å²) in [5.41, 5.74) is -6.90. The molecular formula is C20H12F4N2O4. The van der Waals surface area contributed by atoms with Gasteiger partial charge in [0.25, 0.3) is 29.3 Å². The van der Waals surface area contributed by atoms with E-state index in [1.165, 1.54) is 0 Å². The number of hydrogen-bond acceptors (Lipinski definition) is 4. The van der Waals surface area contributed by atoms with Crippen molar-refractivity contribution in [2.45, 2.75) is 11.8 Å². The highest BCUT2D eigenvalue weighted by Crippen LogP contribution is 2.49. The molecule has 0 fully saturated rings. The Kier molecular flexibility index (Phi) is 3.93. The third-order valence-electron chi connectivity index (χ3n) is 5.37. The second-order valence-corrected chi connectivity index (χ2v) is 7.02. The topological polar surface area (TPSA) is 74.8 Å². The molecule has 0 radical (unpaired) electrons. The van der Waals surface area contributed by atoms with Crippen LogP contribution in [0.2, 0.25) is 0 Å². The fraction of sp³-hybridized carbons (Fsp3) is 0.200. The smallest absolute Gasteiger partial charge is 0.277 e. The summed E-state index contributed by atoms with van der Waals surface area (Å²) in [5.74, 6) is -3.11. The molecule has 0 unspecified atom stereocenters. The minimum absolute atomic E-state index is 0.132. The molecule has 2 aromatic rings. The Bertz CT molecular complexity index is 1090. The van der Waals surface area contributed by atoms with Crippen LogP contribution in [0.3, 0.4) is 0 Å². The number of benzene rings is 2. The molecule has 6 nitrogen and oxygen atoms in total. The molecule has 0 aromatic heterocycles. The molecule has 0 saturated heterocycles. The number of rotatable bonds is 2. The van der Waals surface area contributed by atoms with Crippen LogP contribution in [0.4, 0.5) is 17.6 Å². The third-order valence-corrected chi connectivity index (χ3v) is 5.37. The lowest BCUT2D eigenvalue weighted by molar-refractivity contribution is -0.219. The van der Waals surface area contributed by atoms with Crippen molar-refractivity contribution in [3.05, 3.63) is 69.8 Å². The quantitative estimate of drug-likeness (QED) is 0.553. The van der Waals surface area contributed by atoms with E-state index in [1.54, 1.807) is 0 Å². The Morgan fingerprint density at radius 1 is 0.600 bits per heavy atom. The Morgan fingerprint density at radius 2 is 0.933 bits per heavy atom. The molecule has 4 rings (SSSR count). The number of amides is 4. The second kappa shape index (κ2) is 5.97. The number of hydrogen-bond donors (Lipinski definition) is 0. The highest BCUT2D eigenvalue weighted by molar-refractivity contribution is 6.22. The molecule has 0 bridgehead atoms. The highest BCUT2D eigenvalue weighted by Gasteiger charge is 2.59. The number of imide groups is 2. The molecule has 2 heterocycles. The Hall–Kier alpha value is -3.56. The van der Waals surface area contributed by atoms with Crippen molar-refractivity contribution in [3.8, 4) is 0 Å². The van der Waals surface area contributed by atoms with E-state index in [0.717, 1.165) is 48.2 Å². The van der Waals surface area contributed by atoms with E-state index in [2.05, 4.69) is 0 Å². The van der Waals surface area contributed by atoms with E-state index in [0.29, 0.717) is 12.1 Å². The first kappa shape index (κ1) is 19.7. The minimum Gasteiger partial charge on any atom is -0.277 e. The van der Waals surface area contributed by atoms with Gasteiger partial charge in [0.2, 0.25) is 0 Å². The van der Waals surface area contributed by atoms with Gasteiger partial charge >= 0.3 is 6.18 Å². The van der Waals surface area contributed by atoms with Crippen LogP contribution in [0.5, 0.6) is 0 Å². The summed E-state index contributed by atoms with van der Waals surface area (Å²) < 4.78 is 57.7. The van der Waals surface area contributed by atoms with Crippen LogP contribution in [0.1, 0.15) is 52.6 Å². The maximum Gasteiger partial charge on any atom is 0.431 e. The number of alkyl halides is 4. The van der Waals surface area contributed by atoms with Gasteiger partial charge in [-0.15, -0.1) is 0 Å². The van der Waals surface area contributed by atoms with Gasteiger partial charge < -0.3 is 0 Å². The van der Waals surface area contributed by atoms with Crippen molar-refractivity contribution in [3.63, 3.8) is 0 Å². The van der Waals surface area contributed by atoms with Gasteiger partial charge in [0.15, 0.2) is 0 Å². The number of carbonyl (C=O) groups is 4. The van der Waals surface area contributed by atoms with Crippen LogP contribution >= 0.6 is 0 Å². The normalized spacial score (nSPS) is 16.5. The first-order chi connectivity index (χ1) is 13.9. The molecular weight excluding hydrogens is 408 g/mol. The average Bonchev–Trinajstić information content (AvgIpc) is 3.06. The van der Waals surface area contributed by atoms with Crippen LogP contribution in [0, 0.1) is 0 Å². The van der Waals surface area contributed by atoms with E-state index in [-0.39, 0.29) is 22.3 Å². The van der Waals surface area contributed by atoms with Crippen molar-refractivity contribution in [2.24, 2.45) is 0 Å². The van der Waals surface area contributed by atoms with Gasteiger partial charge in [-0.1, -0.05) is 12.1 Å². The Labute approximate surface area is 166 Å². The van der Waals surface area contributed by atoms with Crippen molar-refractivity contribution < 1.29 is 36.7 Å². The summed E-state index contributed by atoms with van der Waals surface area (Å²) in [5, 5.41) is 0. The number of halogens is 4. The van der Waals surface area contributed by atoms with Crippen molar-refractivity contribution in [1.29, 1.82) is 0 Å². The standard InChI is InChI=1S/C20H12F4N2O4/c1-25-15(27)11-5-3-9(7-13(11)17(25)29)19(21,20(22,23)24)10-4-6-12-14(8-10)18(30)26(2)16(12)28/h3-8H,1-2H3. The Balaban J connectivity index is 1.92. The third kappa shape index (κ3) is 2.36. The van der Waals surface area contributed by atoms with E-state index in [4.69, 9.17) is 0 Å². The number of carbonyl (C=O) groups excluding carboxylic acids is 4. The minimum atomic E-state index is -5.47. The van der Waals surface area contributed by atoms with Gasteiger partial charge in [0.1, 0.15) is 0 Å². The first-order valence-corrected chi connectivity index (χ1v) is 8.59. The fourth-order valence-corrected chi connectivity index (χ4v) is 3.65. The molecule has 154 valence electrons. The van der Waals surface area contributed by atoms with Crippen LogP contribution in [0.25, 0.3) is 0 Å². The van der Waals surface area contributed by atoms with Crippen molar-refractivity contribution in [1.82, 2.24) is 9.80 Å². The zero-order valence-electron chi connectivity index (χ0n) is 15.5. The van der Waals surface area contributed by atoms with Gasteiger partial charge in [-0.25, -0.2) is 4.39 Å². The van der Waals surface area contributed by atoms with Gasteiger partial charge in [0, 0.05) is 25.2 Å². The maximum absolute atomic E-state index is 15.8. The van der Waals surface area contributed by atoms with Crippen LogP contribution in [-0.4, -0.2) is 53.7 Å². The molecule has 30 heavy (non-hydrogen) atoms. The van der Waals surface area contributed by atoms with E-state index in [1.807, 2.05) is 0 Å². The van der Waals surface area contributed by atoms with Crippen LogP contribution in [0.15, 0.2) is 36.4 Å². The molecule has 0 aliphatic carbocycles. The van der Waals surface area contributed by atoms with Crippen LogP contribution < -0.4 is 0 Å². The predicted octanol–water partition coefficient (Wildman–Crippen LogP) is 2.91. The Morgan fingerprint density at radius 3 is 1.27 bits per heavy atom. The highest BCUT2D eigenvalue weighted by atomic mass is 19.4. The molecule has 0 atom stereocenters. The lowest BCUT2D eigenvalue weighted by atomic mass is 9.84. The monoisotopic (exact) mass is 420 g/mol.